The van der Waals surface area contributed by atoms with Crippen LogP contribution < -0.4 is 15.4 Å². The van der Waals surface area contributed by atoms with Crippen LogP contribution in [-0.4, -0.2) is 23.4 Å². The molecule has 1 aromatic carbocycles. The van der Waals surface area contributed by atoms with Gasteiger partial charge in [-0.1, -0.05) is 6.07 Å². The third-order valence-electron chi connectivity index (χ3n) is 3.33. The van der Waals surface area contributed by atoms with E-state index in [4.69, 9.17) is 4.74 Å². The second kappa shape index (κ2) is 5.03. The Morgan fingerprint density at radius 3 is 3.09 bits per heavy atom. The molecule has 22 heavy (non-hydrogen) atoms. The number of anilines is 2. The third-order valence-corrected chi connectivity index (χ3v) is 4.63. The number of aromatic nitrogens is 1. The predicted octanol–water partition coefficient (Wildman–Crippen LogP) is 2.00. The van der Waals surface area contributed by atoms with Gasteiger partial charge in [0.05, 0.1) is 11.4 Å². The Morgan fingerprint density at radius 2 is 2.18 bits per heavy atom. The van der Waals surface area contributed by atoms with Crippen LogP contribution in [0.2, 0.25) is 0 Å². The van der Waals surface area contributed by atoms with Crippen molar-refractivity contribution in [2.75, 3.05) is 17.2 Å². The number of hydrogen-bond acceptors (Lipinski definition) is 5. The lowest BCUT2D eigenvalue weighted by atomic mass is 10.2. The largest absolute Gasteiger partial charge is 0.480 e. The number of nitrogens with one attached hydrogen (secondary N) is 2. The Hall–Kier alpha value is -2.54. The van der Waals surface area contributed by atoms with Crippen molar-refractivity contribution in [1.29, 1.82) is 0 Å². The molecule has 1 atom stereocenters. The molecule has 2 aromatic rings. The van der Waals surface area contributed by atoms with E-state index < -0.39 is 5.25 Å². The highest BCUT2D eigenvalue weighted by Crippen LogP contribution is 2.43. The highest BCUT2D eigenvalue weighted by atomic mass is 32.2. The zero-order chi connectivity index (χ0) is 15.1. The summed E-state index contributed by atoms with van der Waals surface area (Å²) in [6.07, 6.45) is 0. The average molecular weight is 312 g/mol. The predicted molar refractivity (Wildman–Crippen MR) is 80.9 cm³/mol. The van der Waals surface area contributed by atoms with Gasteiger partial charge in [-0.15, -0.1) is 11.8 Å². The second-order valence-electron chi connectivity index (χ2n) is 4.83. The molecular formula is C15H10N3O3S. The monoisotopic (exact) mass is 312 g/mol. The van der Waals surface area contributed by atoms with E-state index in [1.165, 1.54) is 11.8 Å². The number of thioether (sulfide) groups is 1. The number of nitrogens with zero attached hydrogens (tertiary/aromatic N) is 1. The van der Waals surface area contributed by atoms with Crippen molar-refractivity contribution >= 4 is 35.1 Å². The lowest BCUT2D eigenvalue weighted by Crippen LogP contribution is -2.28. The van der Waals surface area contributed by atoms with Crippen molar-refractivity contribution in [2.24, 2.45) is 0 Å². The van der Waals surface area contributed by atoms with Crippen LogP contribution in [0.5, 0.6) is 5.75 Å². The first-order valence-electron chi connectivity index (χ1n) is 6.62. The summed E-state index contributed by atoms with van der Waals surface area (Å²) >= 11 is 1.42. The minimum absolute atomic E-state index is 0.0173. The van der Waals surface area contributed by atoms with Crippen molar-refractivity contribution in [3.8, 4) is 5.75 Å². The van der Waals surface area contributed by atoms with E-state index >= 15 is 0 Å². The van der Waals surface area contributed by atoms with Gasteiger partial charge in [0.1, 0.15) is 5.25 Å². The standard InChI is InChI=1S/C15H10N3O3S/c19-12-7-21-10-6-5-9(16-14(10)18-12)13-15(20)17-8-3-1-2-4-11(8)22-13/h2-6,13H,7H2,(H,17,20)(H,16,18,19). The molecule has 2 aliphatic heterocycles. The van der Waals surface area contributed by atoms with Gasteiger partial charge in [0.25, 0.3) is 5.91 Å². The fraction of sp³-hybridized carbons (Fsp3) is 0.133. The maximum Gasteiger partial charge on any atom is 0.263 e. The maximum atomic E-state index is 12.3. The van der Waals surface area contributed by atoms with Crippen molar-refractivity contribution in [3.05, 3.63) is 42.1 Å². The minimum atomic E-state index is -0.473. The van der Waals surface area contributed by atoms with Crippen molar-refractivity contribution in [1.82, 2.24) is 4.98 Å². The zero-order valence-electron chi connectivity index (χ0n) is 11.3. The Labute approximate surface area is 130 Å². The summed E-state index contributed by atoms with van der Waals surface area (Å²) in [5.41, 5.74) is 1.33. The first-order chi connectivity index (χ1) is 10.7. The zero-order valence-corrected chi connectivity index (χ0v) is 12.1. The van der Waals surface area contributed by atoms with Gasteiger partial charge in [0, 0.05) is 4.90 Å². The van der Waals surface area contributed by atoms with Crippen molar-refractivity contribution in [2.45, 2.75) is 10.1 Å². The Bertz CT molecular complexity index is 793. The number of amides is 2. The first-order valence-corrected chi connectivity index (χ1v) is 7.50. The van der Waals surface area contributed by atoms with Crippen LogP contribution in [0.4, 0.5) is 11.5 Å². The molecule has 0 spiro atoms. The van der Waals surface area contributed by atoms with Crippen molar-refractivity contribution in [3.63, 3.8) is 0 Å². The molecule has 0 bridgehead atoms. The molecule has 2 amide bonds. The average Bonchev–Trinajstić information content (AvgIpc) is 2.53. The lowest BCUT2D eigenvalue weighted by molar-refractivity contribution is -0.118. The Morgan fingerprint density at radius 1 is 1.27 bits per heavy atom. The number of pyridine rings is 1. The summed E-state index contributed by atoms with van der Waals surface area (Å²) in [5, 5.41) is 5.03. The van der Waals surface area contributed by atoms with E-state index in [1.807, 2.05) is 6.07 Å². The van der Waals surface area contributed by atoms with Crippen LogP contribution in [0.25, 0.3) is 0 Å². The van der Waals surface area contributed by atoms with E-state index in [0.29, 0.717) is 17.3 Å². The minimum Gasteiger partial charge on any atom is -0.480 e. The highest BCUT2D eigenvalue weighted by molar-refractivity contribution is 8.00. The molecule has 0 aliphatic carbocycles. The van der Waals surface area contributed by atoms with Crippen LogP contribution in [0.3, 0.4) is 0 Å². The molecule has 1 aromatic heterocycles. The summed E-state index contributed by atoms with van der Waals surface area (Å²) in [5.74, 6) is 0.472. The molecule has 4 rings (SSSR count). The summed E-state index contributed by atoms with van der Waals surface area (Å²) in [6.45, 7) is -0.0173. The number of benzene rings is 1. The lowest BCUT2D eigenvalue weighted by Gasteiger charge is -2.24. The van der Waals surface area contributed by atoms with Crippen LogP contribution in [0.15, 0.2) is 35.2 Å². The van der Waals surface area contributed by atoms with E-state index in [0.717, 1.165) is 10.6 Å². The quantitative estimate of drug-likeness (QED) is 0.842. The van der Waals surface area contributed by atoms with E-state index in [1.54, 1.807) is 24.3 Å². The van der Waals surface area contributed by atoms with Crippen LogP contribution >= 0.6 is 11.8 Å². The molecule has 0 saturated heterocycles. The molecule has 1 radical (unpaired) electrons. The fourth-order valence-electron chi connectivity index (χ4n) is 2.32. The van der Waals surface area contributed by atoms with Gasteiger partial charge in [-0.2, -0.15) is 0 Å². The van der Waals surface area contributed by atoms with E-state index in [9.17, 15) is 9.59 Å². The summed E-state index contributed by atoms with van der Waals surface area (Å²) in [6, 6.07) is 11.8. The molecule has 2 N–H and O–H groups in total. The molecule has 109 valence electrons. The van der Waals surface area contributed by atoms with Crippen LogP contribution in [0.1, 0.15) is 10.9 Å². The van der Waals surface area contributed by atoms with Gasteiger partial charge in [0.15, 0.2) is 18.2 Å². The molecule has 7 heteroatoms. The Kier molecular flexibility index (Phi) is 3.00. The van der Waals surface area contributed by atoms with E-state index in [-0.39, 0.29) is 18.4 Å². The van der Waals surface area contributed by atoms with Gasteiger partial charge in [-0.05, 0) is 30.3 Å². The number of hydrogen-bond donors (Lipinski definition) is 2. The number of rotatable bonds is 1. The topological polar surface area (TPSA) is 80.3 Å². The summed E-state index contributed by atoms with van der Waals surface area (Å²) < 4.78 is 5.28. The SMILES string of the molecule is O=C1COc2ccc(C3Sc4cc[c]cc4NC3=O)nc2N1. The second-order valence-corrected chi connectivity index (χ2v) is 5.98. The number of ether oxygens (including phenoxy) is 1. The summed E-state index contributed by atoms with van der Waals surface area (Å²) in [7, 11) is 0. The van der Waals surface area contributed by atoms with Crippen LogP contribution in [0, 0.1) is 6.07 Å². The van der Waals surface area contributed by atoms with Gasteiger partial charge in [-0.25, -0.2) is 4.98 Å². The Balaban J connectivity index is 1.69. The van der Waals surface area contributed by atoms with Gasteiger partial charge in [-0.3, -0.25) is 9.59 Å². The van der Waals surface area contributed by atoms with E-state index in [2.05, 4.69) is 21.7 Å². The molecule has 6 nitrogen and oxygen atoms in total. The number of carbonyl (C=O) groups excluding carboxylic acids is 2. The summed E-state index contributed by atoms with van der Waals surface area (Å²) in [4.78, 5) is 29.0. The van der Waals surface area contributed by atoms with Crippen LogP contribution in [-0.2, 0) is 9.59 Å². The fourth-order valence-corrected chi connectivity index (χ4v) is 3.37. The van der Waals surface area contributed by atoms with Gasteiger partial charge >= 0.3 is 0 Å². The number of carbonyl (C=O) groups is 2. The smallest absolute Gasteiger partial charge is 0.263 e. The molecule has 0 saturated carbocycles. The number of fused-ring (bicyclic) bond motifs is 2. The van der Waals surface area contributed by atoms with Crippen molar-refractivity contribution < 1.29 is 14.3 Å². The molecule has 0 fully saturated rings. The molecular weight excluding hydrogens is 302 g/mol. The third kappa shape index (κ3) is 2.19. The highest BCUT2D eigenvalue weighted by Gasteiger charge is 2.30. The van der Waals surface area contributed by atoms with Gasteiger partial charge < -0.3 is 15.4 Å². The maximum absolute atomic E-state index is 12.3. The normalized spacial score (nSPS) is 19.4. The molecule has 2 aliphatic rings. The molecule has 1 unspecified atom stereocenters. The van der Waals surface area contributed by atoms with Gasteiger partial charge in [0.2, 0.25) is 5.91 Å². The first kappa shape index (κ1) is 13.1. The molecule has 3 heterocycles.